The first-order valence-electron chi connectivity index (χ1n) is 7.90. The van der Waals surface area contributed by atoms with E-state index in [1.54, 1.807) is 18.2 Å². The Morgan fingerprint density at radius 1 is 1.23 bits per heavy atom. The van der Waals surface area contributed by atoms with Crippen LogP contribution in [0.2, 0.25) is 0 Å². The summed E-state index contributed by atoms with van der Waals surface area (Å²) in [7, 11) is 0. The van der Waals surface area contributed by atoms with Gasteiger partial charge >= 0.3 is 0 Å². The largest absolute Gasteiger partial charge is 0.378 e. The highest BCUT2D eigenvalue weighted by Crippen LogP contribution is 2.48. The average molecular weight is 303 g/mol. The fraction of sp³-hybridized carbons (Fsp3) is 0.562. The van der Waals surface area contributed by atoms with Crippen molar-refractivity contribution < 1.29 is 9.72 Å². The van der Waals surface area contributed by atoms with Crippen molar-refractivity contribution in [3.63, 3.8) is 0 Å². The number of nitro benzene ring substituents is 1. The lowest BCUT2D eigenvalue weighted by Crippen LogP contribution is -2.36. The maximum absolute atomic E-state index is 12.2. The first-order chi connectivity index (χ1) is 10.6. The van der Waals surface area contributed by atoms with Gasteiger partial charge in [0, 0.05) is 25.1 Å². The minimum Gasteiger partial charge on any atom is -0.378 e. The van der Waals surface area contributed by atoms with Crippen molar-refractivity contribution >= 4 is 17.3 Å². The maximum atomic E-state index is 12.2. The van der Waals surface area contributed by atoms with Gasteiger partial charge in [0.25, 0.3) is 5.69 Å². The number of nitrogens with zero attached hydrogens (tertiary/aromatic N) is 1. The molecule has 1 aromatic rings. The molecule has 1 aromatic carbocycles. The summed E-state index contributed by atoms with van der Waals surface area (Å²) < 4.78 is 0. The SMILES string of the molecule is O=C(NCCNc1ccccc1[N+](=O)[O-])[C@H]1C[C@H]2CC[C@H]1C2. The van der Waals surface area contributed by atoms with E-state index < -0.39 is 4.92 Å². The van der Waals surface area contributed by atoms with Gasteiger partial charge in [-0.3, -0.25) is 14.9 Å². The van der Waals surface area contributed by atoms with Crippen molar-refractivity contribution in [2.75, 3.05) is 18.4 Å². The molecule has 2 saturated carbocycles. The molecule has 3 atom stereocenters. The lowest BCUT2D eigenvalue weighted by Gasteiger charge is -2.20. The Morgan fingerprint density at radius 3 is 2.73 bits per heavy atom. The molecule has 1 amide bonds. The van der Waals surface area contributed by atoms with Crippen LogP contribution in [0.3, 0.4) is 0 Å². The Labute approximate surface area is 129 Å². The molecule has 0 saturated heterocycles. The fourth-order valence-electron chi connectivity index (χ4n) is 3.86. The third-order valence-electron chi connectivity index (χ3n) is 4.92. The number of hydrogen-bond acceptors (Lipinski definition) is 4. The monoisotopic (exact) mass is 303 g/mol. The topological polar surface area (TPSA) is 84.3 Å². The number of fused-ring (bicyclic) bond motifs is 2. The van der Waals surface area contributed by atoms with Gasteiger partial charge in [-0.2, -0.15) is 0 Å². The zero-order valence-electron chi connectivity index (χ0n) is 12.5. The molecule has 22 heavy (non-hydrogen) atoms. The van der Waals surface area contributed by atoms with Crippen molar-refractivity contribution in [2.24, 2.45) is 17.8 Å². The number of nitrogens with one attached hydrogen (secondary N) is 2. The molecule has 2 aliphatic rings. The molecule has 0 aliphatic heterocycles. The van der Waals surface area contributed by atoms with Crippen LogP contribution in [0.25, 0.3) is 0 Å². The van der Waals surface area contributed by atoms with Crippen LogP contribution in [0.1, 0.15) is 25.7 Å². The summed E-state index contributed by atoms with van der Waals surface area (Å²) in [5, 5.41) is 16.9. The van der Waals surface area contributed by atoms with Crippen LogP contribution < -0.4 is 10.6 Å². The molecule has 2 N–H and O–H groups in total. The van der Waals surface area contributed by atoms with E-state index in [9.17, 15) is 14.9 Å². The Hall–Kier alpha value is -2.11. The summed E-state index contributed by atoms with van der Waals surface area (Å²) >= 11 is 0. The second-order valence-corrected chi connectivity index (χ2v) is 6.27. The van der Waals surface area contributed by atoms with Crippen LogP contribution >= 0.6 is 0 Å². The van der Waals surface area contributed by atoms with Gasteiger partial charge in [-0.25, -0.2) is 0 Å². The zero-order valence-corrected chi connectivity index (χ0v) is 12.5. The quantitative estimate of drug-likeness (QED) is 0.480. The minimum atomic E-state index is -0.407. The summed E-state index contributed by atoms with van der Waals surface area (Å²) in [6.07, 6.45) is 4.73. The number of amides is 1. The molecule has 6 nitrogen and oxygen atoms in total. The van der Waals surface area contributed by atoms with Crippen LogP contribution in [0.15, 0.2) is 24.3 Å². The van der Waals surface area contributed by atoms with Gasteiger partial charge in [0.1, 0.15) is 5.69 Å². The number of carbonyl (C=O) groups excluding carboxylic acids is 1. The Morgan fingerprint density at radius 2 is 2.05 bits per heavy atom. The Balaban J connectivity index is 1.44. The molecular formula is C16H21N3O3. The molecule has 0 spiro atoms. The lowest BCUT2D eigenvalue weighted by atomic mass is 9.88. The van der Waals surface area contributed by atoms with E-state index in [4.69, 9.17) is 0 Å². The molecule has 2 fully saturated rings. The fourth-order valence-corrected chi connectivity index (χ4v) is 3.86. The van der Waals surface area contributed by atoms with Crippen LogP contribution in [0.4, 0.5) is 11.4 Å². The van der Waals surface area contributed by atoms with Gasteiger partial charge < -0.3 is 10.6 Å². The van der Waals surface area contributed by atoms with Crippen molar-refractivity contribution in [1.82, 2.24) is 5.32 Å². The highest BCUT2D eigenvalue weighted by atomic mass is 16.6. The average Bonchev–Trinajstić information content (AvgIpc) is 3.14. The molecule has 118 valence electrons. The lowest BCUT2D eigenvalue weighted by molar-refractivity contribution is -0.384. The van der Waals surface area contributed by atoms with E-state index in [0.29, 0.717) is 24.7 Å². The Kier molecular flexibility index (Phi) is 4.27. The standard InChI is InChI=1S/C16H21N3O3/c20-16(13-10-11-5-6-12(13)9-11)18-8-7-17-14-3-1-2-4-15(14)19(21)22/h1-4,11-13,17H,5-10H2,(H,18,20)/t11-,12-,13-/m0/s1. The summed E-state index contributed by atoms with van der Waals surface area (Å²) in [6, 6.07) is 6.54. The van der Waals surface area contributed by atoms with Crippen LogP contribution in [-0.2, 0) is 4.79 Å². The molecule has 0 heterocycles. The van der Waals surface area contributed by atoms with E-state index in [1.807, 2.05) is 0 Å². The maximum Gasteiger partial charge on any atom is 0.292 e. The minimum absolute atomic E-state index is 0.0573. The number of benzene rings is 1. The zero-order chi connectivity index (χ0) is 15.5. The van der Waals surface area contributed by atoms with E-state index in [0.717, 1.165) is 12.3 Å². The predicted octanol–water partition coefficient (Wildman–Crippen LogP) is 2.56. The number of carbonyl (C=O) groups is 1. The summed E-state index contributed by atoms with van der Waals surface area (Å²) in [6.45, 7) is 0.968. The molecule has 0 radical (unpaired) electrons. The van der Waals surface area contributed by atoms with E-state index in [2.05, 4.69) is 10.6 Å². The number of nitro groups is 1. The normalized spacial score (nSPS) is 25.9. The molecular weight excluding hydrogens is 282 g/mol. The van der Waals surface area contributed by atoms with E-state index in [-0.39, 0.29) is 17.5 Å². The molecule has 2 aliphatic carbocycles. The molecule has 2 bridgehead atoms. The second kappa shape index (κ2) is 6.34. The number of rotatable bonds is 6. The van der Waals surface area contributed by atoms with Crippen LogP contribution in [0.5, 0.6) is 0 Å². The summed E-state index contributed by atoms with van der Waals surface area (Å²) in [5.41, 5.74) is 0.545. The second-order valence-electron chi connectivity index (χ2n) is 6.27. The number of anilines is 1. The first kappa shape index (κ1) is 14.8. The van der Waals surface area contributed by atoms with Crippen molar-refractivity contribution in [3.8, 4) is 0 Å². The van der Waals surface area contributed by atoms with Gasteiger partial charge in [-0.1, -0.05) is 18.6 Å². The van der Waals surface area contributed by atoms with E-state index >= 15 is 0 Å². The smallest absolute Gasteiger partial charge is 0.292 e. The first-order valence-corrected chi connectivity index (χ1v) is 7.90. The van der Waals surface area contributed by atoms with Gasteiger partial charge in [-0.05, 0) is 37.2 Å². The van der Waals surface area contributed by atoms with Crippen molar-refractivity contribution in [3.05, 3.63) is 34.4 Å². The summed E-state index contributed by atoms with van der Waals surface area (Å²) in [4.78, 5) is 22.7. The van der Waals surface area contributed by atoms with Gasteiger partial charge in [-0.15, -0.1) is 0 Å². The summed E-state index contributed by atoms with van der Waals surface area (Å²) in [5.74, 6) is 1.67. The van der Waals surface area contributed by atoms with Gasteiger partial charge in [0.2, 0.25) is 5.91 Å². The molecule has 3 rings (SSSR count). The molecule has 0 aromatic heterocycles. The van der Waals surface area contributed by atoms with Crippen molar-refractivity contribution in [2.45, 2.75) is 25.7 Å². The third-order valence-corrected chi connectivity index (χ3v) is 4.92. The highest BCUT2D eigenvalue weighted by Gasteiger charge is 2.42. The molecule has 0 unspecified atom stereocenters. The van der Waals surface area contributed by atoms with Crippen molar-refractivity contribution in [1.29, 1.82) is 0 Å². The van der Waals surface area contributed by atoms with E-state index in [1.165, 1.54) is 25.3 Å². The van der Waals surface area contributed by atoms with Crippen LogP contribution in [0, 0.1) is 27.9 Å². The highest BCUT2D eigenvalue weighted by molar-refractivity contribution is 5.79. The van der Waals surface area contributed by atoms with Gasteiger partial charge in [0.05, 0.1) is 4.92 Å². The van der Waals surface area contributed by atoms with Gasteiger partial charge in [0.15, 0.2) is 0 Å². The van der Waals surface area contributed by atoms with Crippen LogP contribution in [-0.4, -0.2) is 23.9 Å². The number of hydrogen-bond donors (Lipinski definition) is 2. The predicted molar refractivity (Wildman–Crippen MR) is 83.5 cm³/mol. The molecule has 6 heteroatoms. The Bertz CT molecular complexity index is 576. The number of para-hydroxylation sites is 2. The third kappa shape index (κ3) is 3.05.